The average Bonchev–Trinajstić information content (AvgIpc) is 2.26. The Morgan fingerprint density at radius 3 is 2.81 bits per heavy atom. The van der Waals surface area contributed by atoms with Crippen LogP contribution >= 0.6 is 27.5 Å². The van der Waals surface area contributed by atoms with Crippen molar-refractivity contribution < 1.29 is 9.47 Å². The van der Waals surface area contributed by atoms with Gasteiger partial charge in [0.1, 0.15) is 18.5 Å². The van der Waals surface area contributed by atoms with Gasteiger partial charge in [-0.1, -0.05) is 27.5 Å². The molecule has 1 atom stereocenters. The number of ether oxygens (including phenoxy) is 2. The van der Waals surface area contributed by atoms with Crippen molar-refractivity contribution in [1.82, 2.24) is 0 Å². The highest BCUT2D eigenvalue weighted by molar-refractivity contribution is 9.10. The van der Waals surface area contributed by atoms with Crippen molar-refractivity contribution in [3.05, 3.63) is 27.7 Å². The smallest absolute Gasteiger partial charge is 0.138 e. The summed E-state index contributed by atoms with van der Waals surface area (Å²) in [5.41, 5.74) is 5.54. The lowest BCUT2D eigenvalue weighted by Crippen LogP contribution is -2.30. The van der Waals surface area contributed by atoms with Gasteiger partial charge in [0.15, 0.2) is 0 Å². The van der Waals surface area contributed by atoms with Crippen molar-refractivity contribution in [3.8, 4) is 5.75 Å². The van der Waals surface area contributed by atoms with Gasteiger partial charge in [-0.25, -0.2) is 0 Å². The second kappa shape index (κ2) is 7.12. The fourth-order valence-electron chi connectivity index (χ4n) is 1.19. The molecule has 1 aromatic carbocycles. The number of benzene rings is 1. The van der Waals surface area contributed by atoms with E-state index in [4.69, 9.17) is 26.8 Å². The highest BCUT2D eigenvalue weighted by atomic mass is 79.9. The lowest BCUT2D eigenvalue weighted by Gasteiger charge is -2.16. The van der Waals surface area contributed by atoms with Crippen molar-refractivity contribution in [2.45, 2.75) is 13.0 Å². The average molecular weight is 309 g/mol. The van der Waals surface area contributed by atoms with Gasteiger partial charge in [-0.2, -0.15) is 0 Å². The molecule has 0 aliphatic carbocycles. The molecule has 0 bridgehead atoms. The minimum atomic E-state index is -0.0929. The predicted octanol–water partition coefficient (Wildman–Crippen LogP) is 2.85. The first-order valence-corrected chi connectivity index (χ1v) is 6.24. The highest BCUT2D eigenvalue weighted by Gasteiger charge is 2.08. The van der Waals surface area contributed by atoms with Gasteiger partial charge in [-0.15, -0.1) is 0 Å². The van der Waals surface area contributed by atoms with Crippen molar-refractivity contribution >= 4 is 27.5 Å². The molecule has 1 rings (SSSR count). The van der Waals surface area contributed by atoms with Gasteiger partial charge < -0.3 is 15.2 Å². The Morgan fingerprint density at radius 2 is 2.25 bits per heavy atom. The molecule has 0 aromatic heterocycles. The van der Waals surface area contributed by atoms with Crippen LogP contribution in [0.1, 0.15) is 6.92 Å². The number of nitrogens with two attached hydrogens (primary N) is 1. The highest BCUT2D eigenvalue weighted by Crippen LogP contribution is 2.27. The molecule has 0 heterocycles. The first-order valence-electron chi connectivity index (χ1n) is 5.07. The molecule has 1 aromatic rings. The maximum absolute atomic E-state index is 6.01. The van der Waals surface area contributed by atoms with Crippen LogP contribution in [0.3, 0.4) is 0 Å². The van der Waals surface area contributed by atoms with Crippen LogP contribution in [0.15, 0.2) is 22.7 Å². The molecule has 1 unspecified atom stereocenters. The van der Waals surface area contributed by atoms with Crippen LogP contribution in [0.2, 0.25) is 5.02 Å². The van der Waals surface area contributed by atoms with Crippen molar-refractivity contribution in [2.75, 3.05) is 19.8 Å². The summed E-state index contributed by atoms with van der Waals surface area (Å²) in [5.74, 6) is 0.642. The molecular weight excluding hydrogens is 293 g/mol. The van der Waals surface area contributed by atoms with Gasteiger partial charge in [-0.3, -0.25) is 0 Å². The van der Waals surface area contributed by atoms with E-state index in [1.54, 1.807) is 6.07 Å². The fourth-order valence-corrected chi connectivity index (χ4v) is 1.92. The Balaban J connectivity index is 2.53. The summed E-state index contributed by atoms with van der Waals surface area (Å²) in [6.07, 6.45) is -0.0929. The molecule has 0 saturated heterocycles. The van der Waals surface area contributed by atoms with E-state index < -0.39 is 0 Å². The minimum Gasteiger partial charge on any atom is -0.489 e. The molecule has 0 aliphatic rings. The zero-order valence-corrected chi connectivity index (χ0v) is 11.4. The van der Waals surface area contributed by atoms with Crippen LogP contribution in [-0.2, 0) is 4.74 Å². The number of hydrogen-bond acceptors (Lipinski definition) is 3. The van der Waals surface area contributed by atoms with Crippen LogP contribution in [0.4, 0.5) is 0 Å². The maximum Gasteiger partial charge on any atom is 0.138 e. The molecular formula is C11H15BrClNO2. The normalized spacial score (nSPS) is 12.5. The monoisotopic (exact) mass is 307 g/mol. The Hall–Kier alpha value is -0.290. The first-order chi connectivity index (χ1) is 7.67. The summed E-state index contributed by atoms with van der Waals surface area (Å²) < 4.78 is 11.8. The van der Waals surface area contributed by atoms with E-state index in [9.17, 15) is 0 Å². The molecule has 0 amide bonds. The topological polar surface area (TPSA) is 44.5 Å². The Bertz CT molecular complexity index is 336. The van der Waals surface area contributed by atoms with Crippen molar-refractivity contribution in [1.29, 1.82) is 0 Å². The van der Waals surface area contributed by atoms with E-state index in [0.717, 1.165) is 4.47 Å². The molecule has 0 spiro atoms. The van der Waals surface area contributed by atoms with E-state index in [0.29, 0.717) is 30.5 Å². The van der Waals surface area contributed by atoms with Gasteiger partial charge >= 0.3 is 0 Å². The standard InChI is InChI=1S/C11H15BrClNO2/c1-2-15-9(6-14)7-16-11-4-3-8(12)5-10(11)13/h3-5,9H,2,6-7,14H2,1H3. The second-order valence-corrected chi connectivity index (χ2v) is 4.52. The second-order valence-electron chi connectivity index (χ2n) is 3.20. The minimum absolute atomic E-state index is 0.0929. The first kappa shape index (κ1) is 13.8. The van der Waals surface area contributed by atoms with Crippen LogP contribution in [0.5, 0.6) is 5.75 Å². The summed E-state index contributed by atoms with van der Waals surface area (Å²) in [4.78, 5) is 0. The lowest BCUT2D eigenvalue weighted by molar-refractivity contribution is 0.0337. The third-order valence-corrected chi connectivity index (χ3v) is 2.77. The molecule has 90 valence electrons. The molecule has 3 nitrogen and oxygen atoms in total. The van der Waals surface area contributed by atoms with E-state index in [2.05, 4.69) is 15.9 Å². The zero-order chi connectivity index (χ0) is 12.0. The molecule has 0 fully saturated rings. The molecule has 0 saturated carbocycles. The lowest BCUT2D eigenvalue weighted by atomic mass is 10.3. The quantitative estimate of drug-likeness (QED) is 0.879. The van der Waals surface area contributed by atoms with Gasteiger partial charge in [-0.05, 0) is 25.1 Å². The van der Waals surface area contributed by atoms with Gasteiger partial charge in [0.05, 0.1) is 5.02 Å². The molecule has 5 heteroatoms. The van der Waals surface area contributed by atoms with Gasteiger partial charge in [0.25, 0.3) is 0 Å². The summed E-state index contributed by atoms with van der Waals surface area (Å²) in [7, 11) is 0. The van der Waals surface area contributed by atoms with Crippen molar-refractivity contribution in [3.63, 3.8) is 0 Å². The molecule has 0 radical (unpaired) electrons. The maximum atomic E-state index is 6.01. The summed E-state index contributed by atoms with van der Waals surface area (Å²) in [6, 6.07) is 5.47. The molecule has 2 N–H and O–H groups in total. The number of hydrogen-bond donors (Lipinski definition) is 1. The van der Waals surface area contributed by atoms with E-state index in [1.165, 1.54) is 0 Å². The number of halogens is 2. The van der Waals surface area contributed by atoms with E-state index >= 15 is 0 Å². The summed E-state index contributed by atoms with van der Waals surface area (Å²) in [5, 5.41) is 0.571. The predicted molar refractivity (Wildman–Crippen MR) is 69.1 cm³/mol. The van der Waals surface area contributed by atoms with Crippen LogP contribution in [0, 0.1) is 0 Å². The van der Waals surface area contributed by atoms with Crippen LogP contribution < -0.4 is 10.5 Å². The Kier molecular flexibility index (Phi) is 6.13. The third kappa shape index (κ3) is 4.29. The van der Waals surface area contributed by atoms with Gasteiger partial charge in [0.2, 0.25) is 0 Å². The Morgan fingerprint density at radius 1 is 1.50 bits per heavy atom. The fraction of sp³-hybridized carbons (Fsp3) is 0.455. The molecule has 0 aliphatic heterocycles. The SMILES string of the molecule is CCOC(CN)COc1ccc(Br)cc1Cl. The summed E-state index contributed by atoms with van der Waals surface area (Å²) >= 11 is 9.34. The molecule has 16 heavy (non-hydrogen) atoms. The van der Waals surface area contributed by atoms with Crippen LogP contribution in [0.25, 0.3) is 0 Å². The Labute approximate surface area is 109 Å². The van der Waals surface area contributed by atoms with E-state index in [1.807, 2.05) is 19.1 Å². The third-order valence-electron chi connectivity index (χ3n) is 1.98. The number of rotatable bonds is 6. The van der Waals surface area contributed by atoms with Gasteiger partial charge in [0, 0.05) is 17.6 Å². The van der Waals surface area contributed by atoms with E-state index in [-0.39, 0.29) is 6.10 Å². The van der Waals surface area contributed by atoms with Crippen LogP contribution in [-0.4, -0.2) is 25.9 Å². The van der Waals surface area contributed by atoms with Crippen molar-refractivity contribution in [2.24, 2.45) is 5.73 Å². The summed E-state index contributed by atoms with van der Waals surface area (Å²) in [6.45, 7) is 3.39. The zero-order valence-electron chi connectivity index (χ0n) is 9.08. The largest absolute Gasteiger partial charge is 0.489 e.